The van der Waals surface area contributed by atoms with Crippen LogP contribution in [0.2, 0.25) is 0 Å². The van der Waals surface area contributed by atoms with Crippen LogP contribution in [0.1, 0.15) is 31.9 Å². The topological polar surface area (TPSA) is 36.0 Å². The highest BCUT2D eigenvalue weighted by Gasteiger charge is 2.28. The summed E-state index contributed by atoms with van der Waals surface area (Å²) in [6, 6.07) is 13.1. The molecule has 2 aromatic carbocycles. The first-order chi connectivity index (χ1) is 15.2. The zero-order valence-corrected chi connectivity index (χ0v) is 20.6. The molecule has 2 fully saturated rings. The van der Waals surface area contributed by atoms with Crippen molar-refractivity contribution < 1.29 is 13.9 Å². The van der Waals surface area contributed by atoms with Gasteiger partial charge in [0.05, 0.1) is 6.54 Å². The molecule has 0 atom stereocenters. The average molecular weight is 474 g/mol. The minimum atomic E-state index is -0.350. The molecule has 2 aliphatic heterocycles. The summed E-state index contributed by atoms with van der Waals surface area (Å²) in [6.45, 7) is 10.8. The third kappa shape index (κ3) is 5.50. The molecular formula is C26H33ClFN3O2. The minimum Gasteiger partial charge on any atom is -0.486 e. The number of carbonyl (C=O) groups excluding carboxylic acids is 1. The molecule has 2 aromatic rings. The molecule has 0 N–H and O–H groups in total. The zero-order valence-electron chi connectivity index (χ0n) is 19.8. The molecule has 0 spiro atoms. The summed E-state index contributed by atoms with van der Waals surface area (Å²) in [5.74, 6) is -0.416. The SMILES string of the molecule is CN1CCN(c2cccc(F)c2C=C2OCCN(c3ccc(C(C)(C)C)cc3)C2=O)CC1.Cl. The molecule has 2 saturated heterocycles. The second kappa shape index (κ2) is 10.1. The number of likely N-dealkylation sites (N-methyl/N-ethyl adjacent to an activating group) is 1. The molecule has 5 nitrogen and oxygen atoms in total. The van der Waals surface area contributed by atoms with E-state index in [1.807, 2.05) is 18.2 Å². The van der Waals surface area contributed by atoms with Gasteiger partial charge >= 0.3 is 0 Å². The van der Waals surface area contributed by atoms with Gasteiger partial charge in [-0.15, -0.1) is 12.4 Å². The Balaban J connectivity index is 0.00000306. The second-order valence-corrected chi connectivity index (χ2v) is 9.57. The Hall–Kier alpha value is -2.57. The molecule has 33 heavy (non-hydrogen) atoms. The fourth-order valence-electron chi connectivity index (χ4n) is 4.16. The Morgan fingerprint density at radius 1 is 0.970 bits per heavy atom. The van der Waals surface area contributed by atoms with Gasteiger partial charge < -0.3 is 19.4 Å². The fourth-order valence-corrected chi connectivity index (χ4v) is 4.16. The van der Waals surface area contributed by atoms with E-state index in [2.05, 4.69) is 49.8 Å². The highest BCUT2D eigenvalue weighted by atomic mass is 35.5. The van der Waals surface area contributed by atoms with Gasteiger partial charge in [-0.2, -0.15) is 0 Å². The molecule has 0 saturated carbocycles. The number of piperazine rings is 1. The van der Waals surface area contributed by atoms with E-state index in [0.29, 0.717) is 18.7 Å². The Morgan fingerprint density at radius 3 is 2.27 bits per heavy atom. The van der Waals surface area contributed by atoms with E-state index >= 15 is 0 Å². The van der Waals surface area contributed by atoms with Gasteiger partial charge in [0, 0.05) is 43.1 Å². The quantitative estimate of drug-likeness (QED) is 0.605. The maximum absolute atomic E-state index is 14.9. The number of anilines is 2. The first kappa shape index (κ1) is 25.1. The van der Waals surface area contributed by atoms with Crippen molar-refractivity contribution in [3.63, 3.8) is 0 Å². The summed E-state index contributed by atoms with van der Waals surface area (Å²) in [5, 5.41) is 0. The first-order valence-electron chi connectivity index (χ1n) is 11.2. The van der Waals surface area contributed by atoms with Gasteiger partial charge in [0.1, 0.15) is 12.4 Å². The monoisotopic (exact) mass is 473 g/mol. The standard InChI is InChI=1S/C26H32FN3O2.ClH/c1-26(2,3)19-8-10-20(11-9-19)30-16-17-32-24(25(30)31)18-21-22(27)6-5-7-23(21)29-14-12-28(4)13-15-29;/h5-11,18H,12-17H2,1-4H3;1H. The third-order valence-electron chi connectivity index (χ3n) is 6.22. The van der Waals surface area contributed by atoms with Crippen molar-refractivity contribution in [2.45, 2.75) is 26.2 Å². The number of carbonyl (C=O) groups is 1. The molecular weight excluding hydrogens is 441 g/mol. The maximum Gasteiger partial charge on any atom is 0.293 e. The summed E-state index contributed by atoms with van der Waals surface area (Å²) in [7, 11) is 2.09. The highest BCUT2D eigenvalue weighted by molar-refractivity contribution is 6.07. The van der Waals surface area contributed by atoms with Gasteiger partial charge in [0.2, 0.25) is 0 Å². The van der Waals surface area contributed by atoms with Crippen LogP contribution in [0.15, 0.2) is 48.2 Å². The summed E-state index contributed by atoms with van der Waals surface area (Å²) in [4.78, 5) is 19.4. The molecule has 0 unspecified atom stereocenters. The van der Waals surface area contributed by atoms with Crippen molar-refractivity contribution in [1.29, 1.82) is 0 Å². The molecule has 1 amide bonds. The Kier molecular flexibility index (Phi) is 7.70. The van der Waals surface area contributed by atoms with E-state index in [9.17, 15) is 9.18 Å². The second-order valence-electron chi connectivity index (χ2n) is 9.57. The normalized spacial score (nSPS) is 18.8. The predicted molar refractivity (Wildman–Crippen MR) is 135 cm³/mol. The van der Waals surface area contributed by atoms with Crippen LogP contribution < -0.4 is 9.80 Å². The van der Waals surface area contributed by atoms with Crippen molar-refractivity contribution in [3.05, 3.63) is 65.2 Å². The fraction of sp³-hybridized carbons (Fsp3) is 0.423. The number of morpholine rings is 1. The lowest BCUT2D eigenvalue weighted by atomic mass is 9.87. The predicted octanol–water partition coefficient (Wildman–Crippen LogP) is 4.70. The Bertz CT molecular complexity index is 1010. The number of amides is 1. The molecule has 0 aromatic heterocycles. The summed E-state index contributed by atoms with van der Waals surface area (Å²) < 4.78 is 20.6. The molecule has 178 valence electrons. The molecule has 4 rings (SSSR count). The van der Waals surface area contributed by atoms with Crippen LogP contribution in [0.5, 0.6) is 0 Å². The number of hydrogen-bond donors (Lipinski definition) is 0. The van der Waals surface area contributed by atoms with E-state index < -0.39 is 0 Å². The van der Waals surface area contributed by atoms with E-state index in [1.165, 1.54) is 11.6 Å². The van der Waals surface area contributed by atoms with Crippen LogP contribution in [-0.4, -0.2) is 57.2 Å². The molecule has 0 aliphatic carbocycles. The van der Waals surface area contributed by atoms with Crippen LogP contribution in [0.25, 0.3) is 6.08 Å². The van der Waals surface area contributed by atoms with Crippen LogP contribution in [0.4, 0.5) is 15.8 Å². The van der Waals surface area contributed by atoms with E-state index in [1.54, 1.807) is 17.0 Å². The zero-order chi connectivity index (χ0) is 22.9. The van der Waals surface area contributed by atoms with Crippen molar-refractivity contribution in [2.24, 2.45) is 0 Å². The van der Waals surface area contributed by atoms with E-state index in [4.69, 9.17) is 4.74 Å². The van der Waals surface area contributed by atoms with Gasteiger partial charge in [-0.25, -0.2) is 4.39 Å². The Morgan fingerprint density at radius 2 is 1.64 bits per heavy atom. The molecule has 7 heteroatoms. The minimum absolute atomic E-state index is 0. The largest absolute Gasteiger partial charge is 0.486 e. The molecule has 2 aliphatic rings. The maximum atomic E-state index is 14.9. The molecule has 0 radical (unpaired) electrons. The lowest BCUT2D eigenvalue weighted by molar-refractivity contribution is -0.120. The Labute approximate surface area is 202 Å². The van der Waals surface area contributed by atoms with Gasteiger partial charge in [0.15, 0.2) is 5.76 Å². The lowest BCUT2D eigenvalue weighted by Gasteiger charge is -2.35. The number of hydrogen-bond acceptors (Lipinski definition) is 4. The van der Waals surface area contributed by atoms with Crippen molar-refractivity contribution >= 4 is 35.8 Å². The van der Waals surface area contributed by atoms with Gasteiger partial charge in [-0.3, -0.25) is 4.79 Å². The number of nitrogens with zero attached hydrogens (tertiary/aromatic N) is 3. The van der Waals surface area contributed by atoms with Gasteiger partial charge in [-0.1, -0.05) is 39.0 Å². The van der Waals surface area contributed by atoms with Crippen LogP contribution in [-0.2, 0) is 14.9 Å². The van der Waals surface area contributed by atoms with Crippen LogP contribution in [0.3, 0.4) is 0 Å². The summed E-state index contributed by atoms with van der Waals surface area (Å²) >= 11 is 0. The van der Waals surface area contributed by atoms with E-state index in [-0.39, 0.29) is 35.3 Å². The first-order valence-corrected chi connectivity index (χ1v) is 11.2. The highest BCUT2D eigenvalue weighted by Crippen LogP contribution is 2.30. The third-order valence-corrected chi connectivity index (χ3v) is 6.22. The van der Waals surface area contributed by atoms with Crippen LogP contribution in [0, 0.1) is 5.82 Å². The number of benzene rings is 2. The smallest absolute Gasteiger partial charge is 0.293 e. The van der Waals surface area contributed by atoms with Gasteiger partial charge in [0.25, 0.3) is 5.91 Å². The lowest BCUT2D eigenvalue weighted by Crippen LogP contribution is -2.44. The van der Waals surface area contributed by atoms with Gasteiger partial charge in [-0.05, 0) is 48.4 Å². The van der Waals surface area contributed by atoms with E-state index in [0.717, 1.165) is 37.6 Å². The number of rotatable bonds is 3. The van der Waals surface area contributed by atoms with Crippen LogP contribution >= 0.6 is 12.4 Å². The number of ether oxygens (including phenoxy) is 1. The summed E-state index contributed by atoms with van der Waals surface area (Å²) in [5.41, 5.74) is 3.29. The molecule has 0 bridgehead atoms. The summed E-state index contributed by atoms with van der Waals surface area (Å²) in [6.07, 6.45) is 1.57. The van der Waals surface area contributed by atoms with Crippen molar-refractivity contribution in [3.8, 4) is 0 Å². The average Bonchev–Trinajstić information content (AvgIpc) is 2.76. The number of halogens is 2. The van der Waals surface area contributed by atoms with Crippen molar-refractivity contribution in [2.75, 3.05) is 56.2 Å². The van der Waals surface area contributed by atoms with Crippen molar-refractivity contribution in [1.82, 2.24) is 4.90 Å². The molecule has 2 heterocycles.